The Hall–Kier alpha value is -2.83. The van der Waals surface area contributed by atoms with Gasteiger partial charge in [-0.3, -0.25) is 9.59 Å². The molecule has 0 fully saturated rings. The third-order valence-electron chi connectivity index (χ3n) is 4.17. The van der Waals surface area contributed by atoms with Crippen molar-refractivity contribution in [2.75, 3.05) is 17.2 Å². The van der Waals surface area contributed by atoms with Crippen molar-refractivity contribution in [3.05, 3.63) is 87.9 Å². The highest BCUT2D eigenvalue weighted by atomic mass is 79.9. The van der Waals surface area contributed by atoms with Crippen LogP contribution in [0.4, 0.5) is 11.4 Å². The Balaban J connectivity index is 1.49. The fourth-order valence-electron chi connectivity index (χ4n) is 2.73. The minimum Gasteiger partial charge on any atom is -0.483 e. The number of halogens is 2. The number of carbonyl (C=O) groups is 2. The molecule has 0 bridgehead atoms. The molecule has 0 unspecified atom stereocenters. The van der Waals surface area contributed by atoms with E-state index >= 15 is 0 Å². The summed E-state index contributed by atoms with van der Waals surface area (Å²) in [6, 6.07) is 21.9. The minimum absolute atomic E-state index is 0.0850. The van der Waals surface area contributed by atoms with Crippen molar-refractivity contribution in [1.82, 2.24) is 0 Å². The summed E-state index contributed by atoms with van der Waals surface area (Å²) in [7, 11) is 0. The second-order valence-corrected chi connectivity index (χ2v) is 7.82. The molecule has 0 atom stereocenters. The van der Waals surface area contributed by atoms with Crippen LogP contribution in [0, 0.1) is 0 Å². The van der Waals surface area contributed by atoms with Gasteiger partial charge in [0.15, 0.2) is 6.61 Å². The van der Waals surface area contributed by atoms with Crippen LogP contribution in [0.25, 0.3) is 0 Å². The molecule has 0 aromatic heterocycles. The van der Waals surface area contributed by atoms with Gasteiger partial charge in [0.05, 0.1) is 4.47 Å². The molecule has 3 rings (SSSR count). The first kappa shape index (κ1) is 21.9. The standard InChI is InChI=1S/C23H20BrClN2O3/c24-20-13-17(25)10-11-21(20)30-15-23(29)27-19-8-4-7-18(14-19)26-22(28)12-9-16-5-2-1-3-6-16/h1-8,10-11,13-14H,9,12,15H2,(H,26,28)(H,27,29). The maximum atomic E-state index is 12.2. The van der Waals surface area contributed by atoms with Gasteiger partial charge in [0.1, 0.15) is 5.75 Å². The van der Waals surface area contributed by atoms with Gasteiger partial charge in [-0.25, -0.2) is 0 Å². The van der Waals surface area contributed by atoms with Crippen molar-refractivity contribution in [3.63, 3.8) is 0 Å². The number of nitrogens with one attached hydrogen (secondary N) is 2. The van der Waals surface area contributed by atoms with Crippen LogP contribution in [0.2, 0.25) is 5.02 Å². The van der Waals surface area contributed by atoms with E-state index in [0.29, 0.717) is 39.5 Å². The summed E-state index contributed by atoms with van der Waals surface area (Å²) in [5.41, 5.74) is 2.30. The number of hydrogen-bond donors (Lipinski definition) is 2. The van der Waals surface area contributed by atoms with Crippen LogP contribution < -0.4 is 15.4 Å². The van der Waals surface area contributed by atoms with Crippen molar-refractivity contribution in [1.29, 1.82) is 0 Å². The van der Waals surface area contributed by atoms with E-state index in [1.165, 1.54) is 0 Å². The zero-order valence-electron chi connectivity index (χ0n) is 16.0. The number of amides is 2. The van der Waals surface area contributed by atoms with Crippen molar-refractivity contribution in [2.45, 2.75) is 12.8 Å². The normalized spacial score (nSPS) is 10.3. The van der Waals surface area contributed by atoms with Crippen molar-refractivity contribution < 1.29 is 14.3 Å². The van der Waals surface area contributed by atoms with Crippen molar-refractivity contribution in [2.24, 2.45) is 0 Å². The van der Waals surface area contributed by atoms with Crippen LogP contribution in [0.5, 0.6) is 5.75 Å². The molecule has 154 valence electrons. The van der Waals surface area contributed by atoms with Crippen LogP contribution in [0.15, 0.2) is 77.3 Å². The summed E-state index contributed by atoms with van der Waals surface area (Å²) >= 11 is 9.24. The lowest BCUT2D eigenvalue weighted by Gasteiger charge is -2.11. The van der Waals surface area contributed by atoms with E-state index in [2.05, 4.69) is 26.6 Å². The van der Waals surface area contributed by atoms with Gasteiger partial charge in [-0.1, -0.05) is 48.0 Å². The molecular formula is C23H20BrClN2O3. The average molecular weight is 488 g/mol. The van der Waals surface area contributed by atoms with Gasteiger partial charge in [0.2, 0.25) is 5.91 Å². The molecule has 2 amide bonds. The van der Waals surface area contributed by atoms with Crippen LogP contribution in [0.1, 0.15) is 12.0 Å². The van der Waals surface area contributed by atoms with Gasteiger partial charge in [-0.15, -0.1) is 0 Å². The third kappa shape index (κ3) is 6.90. The monoisotopic (exact) mass is 486 g/mol. The lowest BCUT2D eigenvalue weighted by Crippen LogP contribution is -2.20. The Kier molecular flexibility index (Phi) is 7.88. The molecule has 0 heterocycles. The predicted octanol–water partition coefficient (Wildman–Crippen LogP) is 5.69. The molecule has 5 nitrogen and oxygen atoms in total. The second-order valence-electron chi connectivity index (χ2n) is 6.53. The molecule has 2 N–H and O–H groups in total. The summed E-state index contributed by atoms with van der Waals surface area (Å²) in [6.45, 7) is -0.159. The first-order valence-corrected chi connectivity index (χ1v) is 10.5. The summed E-state index contributed by atoms with van der Waals surface area (Å²) in [4.78, 5) is 24.4. The molecule has 3 aromatic carbocycles. The SMILES string of the molecule is O=C(CCc1ccccc1)Nc1cccc(NC(=O)COc2ccc(Cl)cc2Br)c1. The summed E-state index contributed by atoms with van der Waals surface area (Å²) in [5, 5.41) is 6.18. The zero-order valence-corrected chi connectivity index (χ0v) is 18.4. The van der Waals surface area contributed by atoms with Gasteiger partial charge in [-0.05, 0) is 64.3 Å². The van der Waals surface area contributed by atoms with Gasteiger partial charge < -0.3 is 15.4 Å². The molecular weight excluding hydrogens is 468 g/mol. The maximum Gasteiger partial charge on any atom is 0.262 e. The smallest absolute Gasteiger partial charge is 0.262 e. The van der Waals surface area contributed by atoms with E-state index < -0.39 is 0 Å². The maximum absolute atomic E-state index is 12.2. The topological polar surface area (TPSA) is 67.4 Å². The fourth-order valence-corrected chi connectivity index (χ4v) is 3.53. The zero-order chi connectivity index (χ0) is 21.3. The number of carbonyl (C=O) groups excluding carboxylic acids is 2. The Bertz CT molecular complexity index is 1030. The lowest BCUT2D eigenvalue weighted by atomic mass is 10.1. The minimum atomic E-state index is -0.315. The number of benzene rings is 3. The number of hydrogen-bond acceptors (Lipinski definition) is 3. The van der Waals surface area contributed by atoms with E-state index in [9.17, 15) is 9.59 Å². The first-order valence-electron chi connectivity index (χ1n) is 9.31. The van der Waals surface area contributed by atoms with Crippen LogP contribution in [0.3, 0.4) is 0 Å². The molecule has 0 saturated heterocycles. The highest BCUT2D eigenvalue weighted by Crippen LogP contribution is 2.28. The molecule has 0 spiro atoms. The molecule has 7 heteroatoms. The molecule has 0 radical (unpaired) electrons. The van der Waals surface area contributed by atoms with Gasteiger partial charge in [0.25, 0.3) is 5.91 Å². The quantitative estimate of drug-likeness (QED) is 0.429. The van der Waals surface area contributed by atoms with E-state index in [4.69, 9.17) is 16.3 Å². The molecule has 30 heavy (non-hydrogen) atoms. The predicted molar refractivity (Wildman–Crippen MR) is 123 cm³/mol. The molecule has 3 aromatic rings. The Labute approximate surface area is 188 Å². The Morgan fingerprint density at radius 1 is 0.867 bits per heavy atom. The van der Waals surface area contributed by atoms with E-state index in [1.54, 1.807) is 42.5 Å². The van der Waals surface area contributed by atoms with Gasteiger partial charge >= 0.3 is 0 Å². The number of rotatable bonds is 8. The largest absolute Gasteiger partial charge is 0.483 e. The lowest BCUT2D eigenvalue weighted by molar-refractivity contribution is -0.118. The second kappa shape index (κ2) is 10.8. The van der Waals surface area contributed by atoms with Crippen molar-refractivity contribution in [3.8, 4) is 5.75 Å². The Morgan fingerprint density at radius 3 is 2.27 bits per heavy atom. The molecule has 0 saturated carbocycles. The number of anilines is 2. The summed E-state index contributed by atoms with van der Waals surface area (Å²) in [5.74, 6) is 0.122. The number of ether oxygens (including phenoxy) is 1. The van der Waals surface area contributed by atoms with E-state index in [1.807, 2.05) is 30.3 Å². The molecule has 0 aliphatic carbocycles. The van der Waals surface area contributed by atoms with E-state index in [0.717, 1.165) is 5.56 Å². The average Bonchev–Trinajstić information content (AvgIpc) is 2.73. The number of aryl methyl sites for hydroxylation is 1. The van der Waals surface area contributed by atoms with Crippen LogP contribution in [-0.4, -0.2) is 18.4 Å². The van der Waals surface area contributed by atoms with Gasteiger partial charge in [-0.2, -0.15) is 0 Å². The summed E-state index contributed by atoms with van der Waals surface area (Å²) in [6.07, 6.45) is 1.05. The molecule has 0 aliphatic heterocycles. The van der Waals surface area contributed by atoms with Gasteiger partial charge in [0, 0.05) is 22.8 Å². The highest BCUT2D eigenvalue weighted by Gasteiger charge is 2.08. The fraction of sp³-hybridized carbons (Fsp3) is 0.130. The highest BCUT2D eigenvalue weighted by molar-refractivity contribution is 9.10. The van der Waals surface area contributed by atoms with Crippen LogP contribution >= 0.6 is 27.5 Å². The summed E-state index contributed by atoms with van der Waals surface area (Å²) < 4.78 is 6.18. The third-order valence-corrected chi connectivity index (χ3v) is 5.02. The Morgan fingerprint density at radius 2 is 1.57 bits per heavy atom. The molecule has 0 aliphatic rings. The van der Waals surface area contributed by atoms with Crippen LogP contribution in [-0.2, 0) is 16.0 Å². The first-order chi connectivity index (χ1) is 14.5. The van der Waals surface area contributed by atoms with Crippen molar-refractivity contribution >= 4 is 50.7 Å². The van der Waals surface area contributed by atoms with E-state index in [-0.39, 0.29) is 18.4 Å².